The molecular weight excluding hydrogens is 388 g/mol. The highest BCUT2D eigenvalue weighted by molar-refractivity contribution is 6.02. The van der Waals surface area contributed by atoms with E-state index in [-0.39, 0.29) is 5.57 Å². The number of para-hydroxylation sites is 1. The van der Waals surface area contributed by atoms with E-state index in [0.717, 1.165) is 35.4 Å². The van der Waals surface area contributed by atoms with Gasteiger partial charge in [-0.1, -0.05) is 31.5 Å². The summed E-state index contributed by atoms with van der Waals surface area (Å²) in [5.41, 5.74) is 4.20. The first-order chi connectivity index (χ1) is 15.1. The zero-order chi connectivity index (χ0) is 22.2. The normalized spacial score (nSPS) is 11.1. The second-order valence-corrected chi connectivity index (χ2v) is 7.14. The quantitative estimate of drug-likeness (QED) is 0.330. The number of amides is 1. The van der Waals surface area contributed by atoms with Gasteiger partial charge in [0, 0.05) is 24.4 Å². The standard InChI is InChI=1S/C25H26N4O2/c1-4-5-13-31-22-11-12-23(18(2)14-22)24-20(15-19(16-26)25(30)27-3)17-29(28-24)21-9-7-6-8-10-21/h6-12,14-15,17H,4-5,13H2,1-3H3,(H,27,30)/b19-15+. The van der Waals surface area contributed by atoms with Crippen LogP contribution < -0.4 is 10.1 Å². The van der Waals surface area contributed by atoms with Crippen LogP contribution in [0.15, 0.2) is 60.3 Å². The largest absolute Gasteiger partial charge is 0.494 e. The molecule has 0 radical (unpaired) electrons. The topological polar surface area (TPSA) is 79.9 Å². The number of nitriles is 1. The van der Waals surface area contributed by atoms with Crippen molar-refractivity contribution in [2.45, 2.75) is 26.7 Å². The lowest BCUT2D eigenvalue weighted by molar-refractivity contribution is -0.116. The fourth-order valence-electron chi connectivity index (χ4n) is 3.18. The van der Waals surface area contributed by atoms with E-state index in [1.165, 1.54) is 7.05 Å². The Bertz CT molecular complexity index is 1120. The summed E-state index contributed by atoms with van der Waals surface area (Å²) in [4.78, 5) is 12.1. The lowest BCUT2D eigenvalue weighted by atomic mass is 10.0. The van der Waals surface area contributed by atoms with Crippen molar-refractivity contribution in [3.05, 3.63) is 71.4 Å². The Hall–Kier alpha value is -3.85. The Balaban J connectivity index is 2.08. The van der Waals surface area contributed by atoms with Crippen molar-refractivity contribution in [3.8, 4) is 28.8 Å². The molecule has 3 rings (SSSR count). The Morgan fingerprint density at radius 2 is 2.03 bits per heavy atom. The van der Waals surface area contributed by atoms with Crippen LogP contribution in [0.3, 0.4) is 0 Å². The Kier molecular flexibility index (Phi) is 7.23. The summed E-state index contributed by atoms with van der Waals surface area (Å²) in [5.74, 6) is 0.384. The number of likely N-dealkylation sites (N-methyl/N-ethyl adjacent to an activating group) is 1. The van der Waals surface area contributed by atoms with Crippen LogP contribution in [0.25, 0.3) is 23.0 Å². The summed E-state index contributed by atoms with van der Waals surface area (Å²) >= 11 is 0. The van der Waals surface area contributed by atoms with Crippen LogP contribution in [0.1, 0.15) is 30.9 Å². The molecule has 6 heteroatoms. The zero-order valence-corrected chi connectivity index (χ0v) is 18.1. The maximum absolute atomic E-state index is 12.1. The summed E-state index contributed by atoms with van der Waals surface area (Å²) in [6, 6.07) is 17.6. The van der Waals surface area contributed by atoms with Crippen molar-refractivity contribution < 1.29 is 9.53 Å². The fraction of sp³-hybridized carbons (Fsp3) is 0.240. The van der Waals surface area contributed by atoms with E-state index in [9.17, 15) is 10.1 Å². The maximum atomic E-state index is 12.1. The molecule has 1 aromatic heterocycles. The van der Waals surface area contributed by atoms with Crippen LogP contribution in [0.2, 0.25) is 0 Å². The van der Waals surface area contributed by atoms with E-state index in [0.29, 0.717) is 17.9 Å². The third-order valence-corrected chi connectivity index (χ3v) is 4.87. The van der Waals surface area contributed by atoms with Crippen LogP contribution in [0.5, 0.6) is 5.75 Å². The number of rotatable bonds is 8. The molecular formula is C25H26N4O2. The van der Waals surface area contributed by atoms with Crippen molar-refractivity contribution in [3.63, 3.8) is 0 Å². The summed E-state index contributed by atoms with van der Waals surface area (Å²) < 4.78 is 7.57. The molecule has 0 spiro atoms. The molecule has 1 heterocycles. The second-order valence-electron chi connectivity index (χ2n) is 7.14. The molecule has 0 fully saturated rings. The molecule has 0 aliphatic carbocycles. The lowest BCUT2D eigenvalue weighted by Gasteiger charge is -2.09. The van der Waals surface area contributed by atoms with Gasteiger partial charge in [-0.2, -0.15) is 10.4 Å². The predicted octanol–water partition coefficient (Wildman–Crippen LogP) is 4.68. The molecule has 2 aromatic carbocycles. The van der Waals surface area contributed by atoms with Crippen LogP contribution in [-0.2, 0) is 4.79 Å². The van der Waals surface area contributed by atoms with Gasteiger partial charge in [-0.3, -0.25) is 4.79 Å². The van der Waals surface area contributed by atoms with Crippen molar-refractivity contribution in [2.24, 2.45) is 0 Å². The van der Waals surface area contributed by atoms with Crippen molar-refractivity contribution in [1.29, 1.82) is 5.26 Å². The molecule has 0 saturated heterocycles. The first-order valence-electron chi connectivity index (χ1n) is 10.3. The summed E-state index contributed by atoms with van der Waals surface area (Å²) in [6.45, 7) is 4.81. The van der Waals surface area contributed by atoms with Gasteiger partial charge < -0.3 is 10.1 Å². The number of hydrogen-bond donors (Lipinski definition) is 1. The van der Waals surface area contributed by atoms with Gasteiger partial charge in [-0.25, -0.2) is 4.68 Å². The number of nitrogens with one attached hydrogen (secondary N) is 1. The number of benzene rings is 2. The first-order valence-corrected chi connectivity index (χ1v) is 10.3. The van der Waals surface area contributed by atoms with Gasteiger partial charge in [0.05, 0.1) is 12.3 Å². The molecule has 3 aromatic rings. The highest BCUT2D eigenvalue weighted by Crippen LogP contribution is 2.30. The molecule has 0 atom stereocenters. The van der Waals surface area contributed by atoms with Gasteiger partial charge in [-0.05, 0) is 55.3 Å². The highest BCUT2D eigenvalue weighted by atomic mass is 16.5. The van der Waals surface area contributed by atoms with E-state index < -0.39 is 5.91 Å². The molecule has 31 heavy (non-hydrogen) atoms. The van der Waals surface area contributed by atoms with Gasteiger partial charge in [0.2, 0.25) is 0 Å². The van der Waals surface area contributed by atoms with Crippen LogP contribution in [-0.4, -0.2) is 29.3 Å². The van der Waals surface area contributed by atoms with Crippen LogP contribution >= 0.6 is 0 Å². The second kappa shape index (κ2) is 10.3. The number of hydrogen-bond acceptors (Lipinski definition) is 4. The average Bonchev–Trinajstić information content (AvgIpc) is 3.21. The number of aryl methyl sites for hydroxylation is 1. The Labute approximate surface area is 182 Å². The minimum atomic E-state index is -0.433. The SMILES string of the molecule is CCCCOc1ccc(-c2nn(-c3ccccc3)cc2/C=C(\C#N)C(=O)NC)c(C)c1. The van der Waals surface area contributed by atoms with E-state index >= 15 is 0 Å². The highest BCUT2D eigenvalue weighted by Gasteiger charge is 2.16. The number of nitrogens with zero attached hydrogens (tertiary/aromatic N) is 3. The fourth-order valence-corrected chi connectivity index (χ4v) is 3.18. The van der Waals surface area contributed by atoms with Gasteiger partial charge in [0.25, 0.3) is 5.91 Å². The van der Waals surface area contributed by atoms with E-state index in [4.69, 9.17) is 9.84 Å². The van der Waals surface area contributed by atoms with Gasteiger partial charge in [0.15, 0.2) is 0 Å². The summed E-state index contributed by atoms with van der Waals surface area (Å²) in [5, 5.41) is 16.7. The molecule has 0 saturated carbocycles. The molecule has 6 nitrogen and oxygen atoms in total. The number of ether oxygens (including phenoxy) is 1. The minimum absolute atomic E-state index is 0.0218. The van der Waals surface area contributed by atoms with E-state index in [2.05, 4.69) is 12.2 Å². The smallest absolute Gasteiger partial charge is 0.261 e. The molecule has 158 valence electrons. The molecule has 1 amide bonds. The van der Waals surface area contributed by atoms with Crippen LogP contribution in [0, 0.1) is 18.3 Å². The van der Waals surface area contributed by atoms with E-state index in [1.54, 1.807) is 10.8 Å². The van der Waals surface area contributed by atoms with Crippen molar-refractivity contribution in [1.82, 2.24) is 15.1 Å². The summed E-state index contributed by atoms with van der Waals surface area (Å²) in [6.07, 6.45) is 5.49. The Morgan fingerprint density at radius 3 is 2.68 bits per heavy atom. The summed E-state index contributed by atoms with van der Waals surface area (Å²) in [7, 11) is 1.50. The Morgan fingerprint density at radius 1 is 1.26 bits per heavy atom. The van der Waals surface area contributed by atoms with Crippen LogP contribution in [0.4, 0.5) is 0 Å². The first kappa shape index (κ1) is 21.8. The number of carbonyl (C=O) groups excluding carboxylic acids is 1. The third kappa shape index (κ3) is 5.20. The number of unbranched alkanes of at least 4 members (excludes halogenated alkanes) is 1. The molecule has 0 aliphatic rings. The molecule has 0 unspecified atom stereocenters. The molecule has 0 bridgehead atoms. The van der Waals surface area contributed by atoms with Gasteiger partial charge >= 0.3 is 0 Å². The third-order valence-electron chi connectivity index (χ3n) is 4.87. The average molecular weight is 415 g/mol. The molecule has 1 N–H and O–H groups in total. The predicted molar refractivity (Wildman–Crippen MR) is 122 cm³/mol. The van der Waals surface area contributed by atoms with Gasteiger partial charge in [-0.15, -0.1) is 0 Å². The zero-order valence-electron chi connectivity index (χ0n) is 18.1. The maximum Gasteiger partial charge on any atom is 0.261 e. The minimum Gasteiger partial charge on any atom is -0.494 e. The number of aromatic nitrogens is 2. The van der Waals surface area contributed by atoms with Gasteiger partial charge in [0.1, 0.15) is 23.1 Å². The van der Waals surface area contributed by atoms with Crippen molar-refractivity contribution >= 4 is 12.0 Å². The monoisotopic (exact) mass is 414 g/mol. The number of carbonyl (C=O) groups is 1. The molecule has 0 aliphatic heterocycles. The lowest BCUT2D eigenvalue weighted by Crippen LogP contribution is -2.19. The van der Waals surface area contributed by atoms with Crippen molar-refractivity contribution in [2.75, 3.05) is 13.7 Å². The van der Waals surface area contributed by atoms with E-state index in [1.807, 2.05) is 67.7 Å².